The Morgan fingerprint density at radius 1 is 1.41 bits per heavy atom. The largest absolute Gasteiger partial charge is 0.484 e. The summed E-state index contributed by atoms with van der Waals surface area (Å²) in [7, 11) is 0. The molecule has 0 saturated heterocycles. The monoisotopic (exact) mass is 313 g/mol. The Morgan fingerprint density at radius 2 is 2.06 bits per heavy atom. The number of rotatable bonds is 4. The number of nitrogens with zero attached hydrogens (tertiary/aromatic N) is 1. The molecule has 0 spiro atoms. The van der Waals surface area contributed by atoms with E-state index in [0.29, 0.717) is 5.56 Å². The normalized spacial score (nSPS) is 11.3. The van der Waals surface area contributed by atoms with Crippen molar-refractivity contribution >= 4 is 21.6 Å². The molecule has 0 bridgehead atoms. The number of nitro benzene ring substituents is 1. The second-order valence-electron chi connectivity index (χ2n) is 3.09. The third-order valence-electron chi connectivity index (χ3n) is 1.79. The molecule has 0 atom stereocenters. The lowest BCUT2D eigenvalue weighted by atomic mass is 10.2. The average molecular weight is 314 g/mol. The fraction of sp³-hybridized carbons (Fsp3) is 0.333. The Morgan fingerprint density at radius 3 is 2.53 bits per heavy atom. The molecule has 0 amide bonds. The Hall–Kier alpha value is -1.31. The fourth-order valence-corrected chi connectivity index (χ4v) is 1.52. The third kappa shape index (κ3) is 4.22. The van der Waals surface area contributed by atoms with Gasteiger partial charge in [-0.25, -0.2) is 0 Å². The zero-order valence-corrected chi connectivity index (χ0v) is 9.92. The van der Waals surface area contributed by atoms with Crippen molar-refractivity contribution in [2.24, 2.45) is 0 Å². The summed E-state index contributed by atoms with van der Waals surface area (Å²) in [6.07, 6.45) is -4.44. The van der Waals surface area contributed by atoms with Crippen molar-refractivity contribution in [3.05, 3.63) is 33.9 Å². The SMILES string of the molecule is O=[N+]([O-])c1ccc(OCC(F)(F)F)c(CBr)c1. The van der Waals surface area contributed by atoms with Gasteiger partial charge in [0.2, 0.25) is 0 Å². The van der Waals surface area contributed by atoms with Crippen LogP contribution in [0.2, 0.25) is 0 Å². The number of benzene rings is 1. The Bertz CT molecular complexity index is 422. The van der Waals surface area contributed by atoms with E-state index in [-0.39, 0.29) is 16.8 Å². The topological polar surface area (TPSA) is 52.4 Å². The van der Waals surface area contributed by atoms with Crippen LogP contribution in [-0.2, 0) is 5.33 Å². The number of ether oxygens (including phenoxy) is 1. The zero-order chi connectivity index (χ0) is 13.1. The number of non-ortho nitro benzene ring substituents is 1. The molecule has 17 heavy (non-hydrogen) atoms. The molecular formula is C9H7BrF3NO3. The molecule has 94 valence electrons. The van der Waals surface area contributed by atoms with Crippen LogP contribution in [0.1, 0.15) is 5.56 Å². The van der Waals surface area contributed by atoms with Crippen LogP contribution >= 0.6 is 15.9 Å². The molecule has 0 N–H and O–H groups in total. The van der Waals surface area contributed by atoms with Gasteiger partial charge in [0.25, 0.3) is 5.69 Å². The van der Waals surface area contributed by atoms with Crippen molar-refractivity contribution in [3.63, 3.8) is 0 Å². The van der Waals surface area contributed by atoms with Crippen molar-refractivity contribution in [2.75, 3.05) is 6.61 Å². The lowest BCUT2D eigenvalue weighted by molar-refractivity contribution is -0.384. The molecule has 0 aliphatic heterocycles. The maximum absolute atomic E-state index is 11.9. The van der Waals surface area contributed by atoms with Crippen molar-refractivity contribution in [1.82, 2.24) is 0 Å². The van der Waals surface area contributed by atoms with Gasteiger partial charge in [0.1, 0.15) is 5.75 Å². The summed E-state index contributed by atoms with van der Waals surface area (Å²) in [5.41, 5.74) is 0.0993. The van der Waals surface area contributed by atoms with Gasteiger partial charge in [0, 0.05) is 23.0 Å². The summed E-state index contributed by atoms with van der Waals surface area (Å²) in [6, 6.07) is 3.42. The molecule has 0 aliphatic carbocycles. The molecule has 8 heteroatoms. The van der Waals surface area contributed by atoms with Crippen LogP contribution in [0.3, 0.4) is 0 Å². The Balaban J connectivity index is 2.89. The highest BCUT2D eigenvalue weighted by molar-refractivity contribution is 9.08. The summed E-state index contributed by atoms with van der Waals surface area (Å²) in [5.74, 6) is -0.0233. The van der Waals surface area contributed by atoms with Gasteiger partial charge in [-0.2, -0.15) is 13.2 Å². The third-order valence-corrected chi connectivity index (χ3v) is 2.39. The number of hydrogen-bond acceptors (Lipinski definition) is 3. The van der Waals surface area contributed by atoms with E-state index in [4.69, 9.17) is 0 Å². The smallest absolute Gasteiger partial charge is 0.422 e. The number of alkyl halides is 4. The first-order valence-corrected chi connectivity index (χ1v) is 5.48. The van der Waals surface area contributed by atoms with Crippen LogP contribution < -0.4 is 4.74 Å². The molecule has 1 aromatic carbocycles. The van der Waals surface area contributed by atoms with Crippen LogP contribution in [0.25, 0.3) is 0 Å². The molecule has 0 unspecified atom stereocenters. The molecule has 0 aromatic heterocycles. The molecule has 0 saturated carbocycles. The number of hydrogen-bond donors (Lipinski definition) is 0. The molecule has 0 radical (unpaired) electrons. The zero-order valence-electron chi connectivity index (χ0n) is 8.33. The molecular weight excluding hydrogens is 307 g/mol. The molecule has 1 rings (SSSR count). The van der Waals surface area contributed by atoms with E-state index < -0.39 is 17.7 Å². The standard InChI is InChI=1S/C9H7BrF3NO3/c10-4-6-3-7(14(15)16)1-2-8(6)17-5-9(11,12)13/h1-3H,4-5H2. The summed E-state index contributed by atoms with van der Waals surface area (Å²) in [4.78, 5) is 9.84. The van der Waals surface area contributed by atoms with Gasteiger partial charge in [0.15, 0.2) is 6.61 Å². The molecule has 1 aromatic rings. The fourth-order valence-electron chi connectivity index (χ4n) is 1.08. The second kappa shape index (κ2) is 5.35. The van der Waals surface area contributed by atoms with Crippen molar-refractivity contribution in [2.45, 2.75) is 11.5 Å². The van der Waals surface area contributed by atoms with Crippen molar-refractivity contribution < 1.29 is 22.8 Å². The highest BCUT2D eigenvalue weighted by Crippen LogP contribution is 2.27. The van der Waals surface area contributed by atoms with Crippen LogP contribution in [0.15, 0.2) is 18.2 Å². The average Bonchev–Trinajstić information content (AvgIpc) is 2.24. The predicted octanol–water partition coefficient (Wildman–Crippen LogP) is 3.43. The Kier molecular flexibility index (Phi) is 4.33. The van der Waals surface area contributed by atoms with Gasteiger partial charge in [-0.05, 0) is 6.07 Å². The first-order chi connectivity index (χ1) is 7.83. The minimum Gasteiger partial charge on any atom is -0.484 e. The summed E-state index contributed by atoms with van der Waals surface area (Å²) >= 11 is 3.03. The van der Waals surface area contributed by atoms with Crippen molar-refractivity contribution in [3.8, 4) is 5.75 Å². The maximum Gasteiger partial charge on any atom is 0.422 e. The second-order valence-corrected chi connectivity index (χ2v) is 3.65. The van der Waals surface area contributed by atoms with E-state index in [1.165, 1.54) is 6.07 Å². The quantitative estimate of drug-likeness (QED) is 0.486. The predicted molar refractivity (Wildman–Crippen MR) is 57.3 cm³/mol. The minimum atomic E-state index is -4.44. The number of nitro groups is 1. The van der Waals surface area contributed by atoms with E-state index in [2.05, 4.69) is 20.7 Å². The first-order valence-electron chi connectivity index (χ1n) is 4.36. The van der Waals surface area contributed by atoms with Gasteiger partial charge in [-0.15, -0.1) is 0 Å². The molecule has 0 heterocycles. The Labute approximate surface area is 103 Å². The maximum atomic E-state index is 11.9. The van der Waals surface area contributed by atoms with E-state index >= 15 is 0 Å². The van der Waals surface area contributed by atoms with Gasteiger partial charge in [0.05, 0.1) is 4.92 Å². The number of halogens is 4. The minimum absolute atomic E-state index is 0.0233. The van der Waals surface area contributed by atoms with E-state index in [9.17, 15) is 23.3 Å². The lowest BCUT2D eigenvalue weighted by Gasteiger charge is -2.11. The van der Waals surface area contributed by atoms with Gasteiger partial charge in [-0.3, -0.25) is 10.1 Å². The summed E-state index contributed by atoms with van der Waals surface area (Å²) in [5, 5.41) is 10.6. The van der Waals surface area contributed by atoms with Crippen molar-refractivity contribution in [1.29, 1.82) is 0 Å². The molecule has 4 nitrogen and oxygen atoms in total. The lowest BCUT2D eigenvalue weighted by Crippen LogP contribution is -2.19. The molecule has 0 fully saturated rings. The van der Waals surface area contributed by atoms with Crippen LogP contribution in [0, 0.1) is 10.1 Å². The van der Waals surface area contributed by atoms with Gasteiger partial charge >= 0.3 is 6.18 Å². The van der Waals surface area contributed by atoms with E-state index in [1.54, 1.807) is 0 Å². The van der Waals surface area contributed by atoms with Crippen LogP contribution in [-0.4, -0.2) is 17.7 Å². The van der Waals surface area contributed by atoms with Crippen LogP contribution in [0.4, 0.5) is 18.9 Å². The van der Waals surface area contributed by atoms with Gasteiger partial charge < -0.3 is 4.74 Å². The first kappa shape index (κ1) is 13.8. The summed E-state index contributed by atoms with van der Waals surface area (Å²) in [6.45, 7) is -1.43. The van der Waals surface area contributed by atoms with E-state index in [1.807, 2.05) is 0 Å². The van der Waals surface area contributed by atoms with Crippen LogP contribution in [0.5, 0.6) is 5.75 Å². The highest BCUT2D eigenvalue weighted by atomic mass is 79.9. The molecule has 0 aliphatic rings. The summed E-state index contributed by atoms with van der Waals surface area (Å²) < 4.78 is 40.4. The highest BCUT2D eigenvalue weighted by Gasteiger charge is 2.29. The van der Waals surface area contributed by atoms with Gasteiger partial charge in [-0.1, -0.05) is 15.9 Å². The van der Waals surface area contributed by atoms with E-state index in [0.717, 1.165) is 12.1 Å².